The van der Waals surface area contributed by atoms with Gasteiger partial charge in [0.15, 0.2) is 0 Å². The average molecular weight is 276 g/mol. The first-order valence-corrected chi connectivity index (χ1v) is 6.43. The van der Waals surface area contributed by atoms with E-state index in [0.29, 0.717) is 12.1 Å². The van der Waals surface area contributed by atoms with Crippen LogP contribution in [0.25, 0.3) is 0 Å². The molecule has 1 aromatic carbocycles. The highest BCUT2D eigenvalue weighted by molar-refractivity contribution is 5.96. The molecule has 5 nitrogen and oxygen atoms in total. The van der Waals surface area contributed by atoms with Gasteiger partial charge in [0.05, 0.1) is 13.2 Å². The molecule has 0 aliphatic heterocycles. The Morgan fingerprint density at radius 3 is 2.80 bits per heavy atom. The van der Waals surface area contributed by atoms with E-state index >= 15 is 0 Å². The van der Waals surface area contributed by atoms with E-state index in [9.17, 15) is 9.59 Å². The van der Waals surface area contributed by atoms with Crippen LogP contribution in [0.15, 0.2) is 36.9 Å². The predicted molar refractivity (Wildman–Crippen MR) is 77.4 cm³/mol. The smallest absolute Gasteiger partial charge is 0.251 e. The number of hydrogen-bond acceptors (Lipinski definition) is 3. The van der Waals surface area contributed by atoms with Crippen LogP contribution in [0.5, 0.6) is 0 Å². The zero-order chi connectivity index (χ0) is 15.0. The molecule has 0 saturated heterocycles. The summed E-state index contributed by atoms with van der Waals surface area (Å²) in [4.78, 5) is 25.2. The summed E-state index contributed by atoms with van der Waals surface area (Å²) in [5.74, 6) is -0.537. The van der Waals surface area contributed by atoms with E-state index in [2.05, 4.69) is 11.9 Å². The van der Waals surface area contributed by atoms with Crippen molar-refractivity contribution >= 4 is 11.8 Å². The molecule has 0 saturated carbocycles. The number of carbonyl (C=O) groups excluding carboxylic acids is 2. The van der Waals surface area contributed by atoms with Gasteiger partial charge in [-0.25, -0.2) is 0 Å². The second kappa shape index (κ2) is 8.12. The lowest BCUT2D eigenvalue weighted by molar-refractivity contribution is -0.130. The van der Waals surface area contributed by atoms with E-state index in [1.54, 1.807) is 24.3 Å². The number of nitrogens with one attached hydrogen (secondary N) is 1. The van der Waals surface area contributed by atoms with Crippen LogP contribution in [-0.4, -0.2) is 48.1 Å². The zero-order valence-electron chi connectivity index (χ0n) is 11.6. The van der Waals surface area contributed by atoms with Gasteiger partial charge in [-0.2, -0.15) is 0 Å². The van der Waals surface area contributed by atoms with Crippen LogP contribution in [0.2, 0.25) is 0 Å². The van der Waals surface area contributed by atoms with Gasteiger partial charge in [0.2, 0.25) is 5.91 Å². The highest BCUT2D eigenvalue weighted by atomic mass is 16.3. The molecule has 0 atom stereocenters. The van der Waals surface area contributed by atoms with Gasteiger partial charge in [-0.3, -0.25) is 9.59 Å². The molecule has 0 aliphatic carbocycles. The number of carbonyl (C=O) groups is 2. The van der Waals surface area contributed by atoms with Crippen LogP contribution >= 0.6 is 0 Å². The molecule has 0 radical (unpaired) electrons. The Hall–Kier alpha value is -2.14. The monoisotopic (exact) mass is 276 g/mol. The topological polar surface area (TPSA) is 69.6 Å². The Morgan fingerprint density at radius 1 is 1.45 bits per heavy atom. The molecule has 2 amide bonds. The van der Waals surface area contributed by atoms with Crippen molar-refractivity contribution in [3.05, 3.63) is 48.0 Å². The Labute approximate surface area is 118 Å². The second-order valence-electron chi connectivity index (χ2n) is 4.40. The molecular weight excluding hydrogens is 256 g/mol. The third-order valence-electron chi connectivity index (χ3n) is 2.75. The number of hydrogen-bond donors (Lipinski definition) is 2. The summed E-state index contributed by atoms with van der Waals surface area (Å²) >= 11 is 0. The highest BCUT2D eigenvalue weighted by Crippen LogP contribution is 2.03. The Kier molecular flexibility index (Phi) is 6.46. The minimum atomic E-state index is -0.287. The van der Waals surface area contributed by atoms with E-state index in [4.69, 9.17) is 5.11 Å². The van der Waals surface area contributed by atoms with Gasteiger partial charge in [-0.05, 0) is 19.1 Å². The van der Waals surface area contributed by atoms with Crippen molar-refractivity contribution in [1.29, 1.82) is 0 Å². The molecule has 0 spiro atoms. The van der Waals surface area contributed by atoms with Crippen LogP contribution in [0, 0.1) is 6.92 Å². The van der Waals surface area contributed by atoms with Crippen molar-refractivity contribution in [2.75, 3.05) is 26.2 Å². The summed E-state index contributed by atoms with van der Waals surface area (Å²) in [6.07, 6.45) is 1.58. The van der Waals surface area contributed by atoms with Crippen molar-refractivity contribution in [3.8, 4) is 0 Å². The maximum atomic E-state index is 11.9. The molecule has 108 valence electrons. The molecule has 2 N–H and O–H groups in total. The normalized spacial score (nSPS) is 9.90. The third kappa shape index (κ3) is 4.85. The number of rotatable bonds is 7. The van der Waals surface area contributed by atoms with Gasteiger partial charge in [-0.15, -0.1) is 6.58 Å². The molecule has 0 bridgehead atoms. The summed E-state index contributed by atoms with van der Waals surface area (Å²) in [5, 5.41) is 11.5. The van der Waals surface area contributed by atoms with E-state index in [-0.39, 0.29) is 31.5 Å². The number of aliphatic hydroxyl groups excluding tert-OH is 1. The van der Waals surface area contributed by atoms with Crippen molar-refractivity contribution in [1.82, 2.24) is 10.2 Å². The maximum absolute atomic E-state index is 11.9. The Morgan fingerprint density at radius 2 is 2.20 bits per heavy atom. The van der Waals surface area contributed by atoms with Crippen LogP contribution < -0.4 is 5.32 Å². The van der Waals surface area contributed by atoms with Crippen LogP contribution in [0.3, 0.4) is 0 Å². The first kappa shape index (κ1) is 15.9. The van der Waals surface area contributed by atoms with E-state index < -0.39 is 0 Å². The molecule has 0 heterocycles. The molecule has 20 heavy (non-hydrogen) atoms. The molecular formula is C15H20N2O3. The fraction of sp³-hybridized carbons (Fsp3) is 0.333. The van der Waals surface area contributed by atoms with E-state index in [0.717, 1.165) is 5.56 Å². The predicted octanol–water partition coefficient (Wildman–Crippen LogP) is 0.732. The summed E-state index contributed by atoms with van der Waals surface area (Å²) in [6, 6.07) is 7.15. The minimum absolute atomic E-state index is 0.0966. The quantitative estimate of drug-likeness (QED) is 0.721. The lowest BCUT2D eigenvalue weighted by Gasteiger charge is -2.20. The Balaban J connectivity index is 2.55. The molecule has 0 aliphatic rings. The number of benzene rings is 1. The lowest BCUT2D eigenvalue weighted by atomic mass is 10.1. The van der Waals surface area contributed by atoms with Crippen LogP contribution in [0.4, 0.5) is 0 Å². The first-order valence-electron chi connectivity index (χ1n) is 6.43. The molecule has 1 rings (SSSR count). The van der Waals surface area contributed by atoms with Gasteiger partial charge >= 0.3 is 0 Å². The molecule has 5 heteroatoms. The van der Waals surface area contributed by atoms with Gasteiger partial charge in [0.1, 0.15) is 0 Å². The van der Waals surface area contributed by atoms with Gasteiger partial charge in [-0.1, -0.05) is 23.8 Å². The van der Waals surface area contributed by atoms with Crippen LogP contribution in [0.1, 0.15) is 15.9 Å². The number of aliphatic hydroxyl groups is 1. The van der Waals surface area contributed by atoms with Crippen molar-refractivity contribution in [3.63, 3.8) is 0 Å². The molecule has 0 unspecified atom stereocenters. The third-order valence-corrected chi connectivity index (χ3v) is 2.75. The summed E-state index contributed by atoms with van der Waals surface area (Å²) < 4.78 is 0. The molecule has 1 aromatic rings. The summed E-state index contributed by atoms with van der Waals surface area (Å²) in [5.41, 5.74) is 1.51. The standard InChI is InChI=1S/C15H20N2O3/c1-3-7-17(8-9-18)14(19)11-16-15(20)13-6-4-5-12(2)10-13/h3-6,10,18H,1,7-9,11H2,2H3,(H,16,20). The molecule has 0 aromatic heterocycles. The van der Waals surface area contributed by atoms with Gasteiger partial charge < -0.3 is 15.3 Å². The summed E-state index contributed by atoms with van der Waals surface area (Å²) in [6.45, 7) is 5.81. The van der Waals surface area contributed by atoms with Crippen LogP contribution in [-0.2, 0) is 4.79 Å². The fourth-order valence-electron chi connectivity index (χ4n) is 1.75. The average Bonchev–Trinajstić information content (AvgIpc) is 2.44. The highest BCUT2D eigenvalue weighted by Gasteiger charge is 2.13. The number of nitrogens with zero attached hydrogens (tertiary/aromatic N) is 1. The lowest BCUT2D eigenvalue weighted by Crippen LogP contribution is -2.41. The minimum Gasteiger partial charge on any atom is -0.395 e. The second-order valence-corrected chi connectivity index (χ2v) is 4.40. The zero-order valence-corrected chi connectivity index (χ0v) is 11.6. The maximum Gasteiger partial charge on any atom is 0.251 e. The van der Waals surface area contributed by atoms with Crippen molar-refractivity contribution < 1.29 is 14.7 Å². The van der Waals surface area contributed by atoms with Crippen molar-refractivity contribution in [2.24, 2.45) is 0 Å². The van der Waals surface area contributed by atoms with E-state index in [1.807, 2.05) is 13.0 Å². The number of amides is 2. The van der Waals surface area contributed by atoms with Gasteiger partial charge in [0, 0.05) is 18.7 Å². The fourth-order valence-corrected chi connectivity index (χ4v) is 1.75. The SMILES string of the molecule is C=CCN(CCO)C(=O)CNC(=O)c1cccc(C)c1. The number of aryl methyl sites for hydroxylation is 1. The molecule has 0 fully saturated rings. The summed E-state index contributed by atoms with van der Waals surface area (Å²) in [7, 11) is 0. The van der Waals surface area contributed by atoms with Crippen molar-refractivity contribution in [2.45, 2.75) is 6.92 Å². The Bertz CT molecular complexity index is 486. The van der Waals surface area contributed by atoms with Gasteiger partial charge in [0.25, 0.3) is 5.91 Å². The first-order chi connectivity index (χ1) is 9.58. The van der Waals surface area contributed by atoms with E-state index in [1.165, 1.54) is 4.90 Å². The largest absolute Gasteiger partial charge is 0.395 e.